The number of para-hydroxylation sites is 1. The van der Waals surface area contributed by atoms with Crippen LogP contribution in [0.15, 0.2) is 63.1 Å². The van der Waals surface area contributed by atoms with Crippen LogP contribution in [0.2, 0.25) is 0 Å². The van der Waals surface area contributed by atoms with Crippen LogP contribution in [0.1, 0.15) is 5.56 Å². The fraction of sp³-hybridized carbons (Fsp3) is 0.167. The zero-order chi connectivity index (χ0) is 17.6. The van der Waals surface area contributed by atoms with Gasteiger partial charge in [-0.1, -0.05) is 41.6 Å². The lowest BCUT2D eigenvalue weighted by atomic mass is 10.1. The van der Waals surface area contributed by atoms with Crippen molar-refractivity contribution in [3.05, 3.63) is 54.1 Å². The average molecular weight is 371 g/mol. The van der Waals surface area contributed by atoms with Gasteiger partial charge in [0.05, 0.1) is 11.4 Å². The van der Waals surface area contributed by atoms with Gasteiger partial charge in [0.2, 0.25) is 11.8 Å². The van der Waals surface area contributed by atoms with E-state index >= 15 is 0 Å². The first kappa shape index (κ1) is 17.6. The molecule has 0 aliphatic carbocycles. The third-order valence-corrected chi connectivity index (χ3v) is 5.03. The Hall–Kier alpha value is -2.25. The molecule has 0 saturated heterocycles. The van der Waals surface area contributed by atoms with E-state index in [0.717, 1.165) is 16.1 Å². The summed E-state index contributed by atoms with van der Waals surface area (Å²) in [4.78, 5) is 13.2. The summed E-state index contributed by atoms with van der Waals surface area (Å²) in [6.07, 6.45) is 1.98. The van der Waals surface area contributed by atoms with Crippen LogP contribution in [0.5, 0.6) is 0 Å². The Morgan fingerprint density at radius 1 is 1.12 bits per heavy atom. The van der Waals surface area contributed by atoms with Crippen LogP contribution >= 0.6 is 23.5 Å². The molecule has 1 amide bonds. The van der Waals surface area contributed by atoms with Gasteiger partial charge in [-0.05, 0) is 37.4 Å². The quantitative estimate of drug-likeness (QED) is 0.644. The molecule has 0 aliphatic rings. The lowest BCUT2D eigenvalue weighted by Gasteiger charge is -2.08. The van der Waals surface area contributed by atoms with Crippen LogP contribution in [0.4, 0.5) is 5.69 Å². The number of thioether (sulfide) groups is 2. The second kappa shape index (κ2) is 8.22. The molecule has 3 aromatic rings. The number of carbonyl (C=O) groups excluding carboxylic acids is 1. The number of anilines is 1. The highest BCUT2D eigenvalue weighted by Crippen LogP contribution is 2.26. The Bertz CT molecular complexity index is 863. The molecule has 1 aromatic heterocycles. The standard InChI is InChI=1S/C18H17N3O2S2/c1-12-7-9-13(10-8-12)17-20-21-18(23-17)25-11-16(22)19-14-5-3-4-6-15(14)24-2/h3-10H,11H2,1-2H3,(H,19,22). The van der Waals surface area contributed by atoms with E-state index in [0.29, 0.717) is 11.1 Å². The molecule has 0 aliphatic heterocycles. The number of hydrogen-bond donors (Lipinski definition) is 1. The van der Waals surface area contributed by atoms with Crippen LogP contribution in [-0.4, -0.2) is 28.1 Å². The zero-order valence-electron chi connectivity index (χ0n) is 13.9. The van der Waals surface area contributed by atoms with Gasteiger partial charge in [-0.15, -0.1) is 22.0 Å². The normalized spacial score (nSPS) is 10.6. The monoisotopic (exact) mass is 371 g/mol. The van der Waals surface area contributed by atoms with Gasteiger partial charge in [0.25, 0.3) is 5.22 Å². The minimum atomic E-state index is -0.110. The van der Waals surface area contributed by atoms with Crippen LogP contribution in [0.25, 0.3) is 11.5 Å². The SMILES string of the molecule is CSc1ccccc1NC(=O)CSc1nnc(-c2ccc(C)cc2)o1. The van der Waals surface area contributed by atoms with Gasteiger partial charge in [0.1, 0.15) is 0 Å². The molecule has 0 spiro atoms. The number of aryl methyl sites for hydroxylation is 1. The van der Waals surface area contributed by atoms with Crippen LogP contribution in [-0.2, 0) is 4.79 Å². The fourth-order valence-corrected chi connectivity index (χ4v) is 3.26. The Morgan fingerprint density at radius 2 is 1.88 bits per heavy atom. The second-order valence-corrected chi connectivity index (χ2v) is 7.05. The molecule has 3 rings (SSSR count). The van der Waals surface area contributed by atoms with Gasteiger partial charge in [-0.25, -0.2) is 0 Å². The van der Waals surface area contributed by atoms with Gasteiger partial charge in [0, 0.05) is 10.5 Å². The van der Waals surface area contributed by atoms with E-state index in [9.17, 15) is 4.79 Å². The van der Waals surface area contributed by atoms with Crippen molar-refractivity contribution in [1.29, 1.82) is 0 Å². The molecule has 1 N–H and O–H groups in total. The highest BCUT2D eigenvalue weighted by molar-refractivity contribution is 7.99. The summed E-state index contributed by atoms with van der Waals surface area (Å²) in [6.45, 7) is 2.02. The highest BCUT2D eigenvalue weighted by atomic mass is 32.2. The summed E-state index contributed by atoms with van der Waals surface area (Å²) < 4.78 is 5.61. The molecule has 0 radical (unpaired) electrons. The molecule has 2 aromatic carbocycles. The van der Waals surface area contributed by atoms with E-state index < -0.39 is 0 Å². The number of aromatic nitrogens is 2. The van der Waals surface area contributed by atoms with Crippen molar-refractivity contribution in [2.45, 2.75) is 17.0 Å². The van der Waals surface area contributed by atoms with E-state index in [4.69, 9.17) is 4.42 Å². The molecule has 5 nitrogen and oxygen atoms in total. The van der Waals surface area contributed by atoms with Crippen molar-refractivity contribution in [3.8, 4) is 11.5 Å². The predicted octanol–water partition coefficient (Wildman–Crippen LogP) is 4.50. The first-order valence-electron chi connectivity index (χ1n) is 7.62. The summed E-state index contributed by atoms with van der Waals surface area (Å²) in [5.74, 6) is 0.551. The molecule has 0 fully saturated rings. The van der Waals surface area contributed by atoms with Crippen molar-refractivity contribution < 1.29 is 9.21 Å². The minimum Gasteiger partial charge on any atom is -0.411 e. The van der Waals surface area contributed by atoms with Gasteiger partial charge >= 0.3 is 0 Å². The molecular weight excluding hydrogens is 354 g/mol. The van der Waals surface area contributed by atoms with E-state index in [1.54, 1.807) is 11.8 Å². The number of amides is 1. The summed E-state index contributed by atoms with van der Waals surface area (Å²) in [6, 6.07) is 15.5. The molecule has 0 bridgehead atoms. The van der Waals surface area contributed by atoms with Crippen LogP contribution in [0.3, 0.4) is 0 Å². The summed E-state index contributed by atoms with van der Waals surface area (Å²) in [5, 5.41) is 11.3. The van der Waals surface area contributed by atoms with Crippen molar-refractivity contribution in [1.82, 2.24) is 10.2 Å². The number of nitrogens with one attached hydrogen (secondary N) is 1. The summed E-state index contributed by atoms with van der Waals surface area (Å²) >= 11 is 2.81. The fourth-order valence-electron chi connectivity index (χ4n) is 2.14. The first-order valence-corrected chi connectivity index (χ1v) is 9.83. The molecule has 1 heterocycles. The maximum Gasteiger partial charge on any atom is 0.277 e. The van der Waals surface area contributed by atoms with Crippen molar-refractivity contribution in [2.75, 3.05) is 17.3 Å². The molecule has 0 atom stereocenters. The van der Waals surface area contributed by atoms with E-state index in [2.05, 4.69) is 15.5 Å². The Labute approximate surface area is 154 Å². The van der Waals surface area contributed by atoms with Crippen LogP contribution in [0, 0.1) is 6.92 Å². The number of hydrogen-bond acceptors (Lipinski definition) is 6. The summed E-state index contributed by atoms with van der Waals surface area (Å²) in [7, 11) is 0. The summed E-state index contributed by atoms with van der Waals surface area (Å²) in [5.41, 5.74) is 2.84. The zero-order valence-corrected chi connectivity index (χ0v) is 15.5. The largest absolute Gasteiger partial charge is 0.411 e. The number of benzene rings is 2. The van der Waals surface area contributed by atoms with Gasteiger partial charge in [0.15, 0.2) is 0 Å². The molecule has 0 unspecified atom stereocenters. The van der Waals surface area contributed by atoms with Gasteiger partial charge in [-0.2, -0.15) is 0 Å². The number of rotatable bonds is 6. The Morgan fingerprint density at radius 3 is 2.64 bits per heavy atom. The topological polar surface area (TPSA) is 68.0 Å². The Balaban J connectivity index is 1.58. The molecule has 25 heavy (non-hydrogen) atoms. The second-order valence-electron chi connectivity index (χ2n) is 5.28. The molecule has 0 saturated carbocycles. The highest BCUT2D eigenvalue weighted by Gasteiger charge is 2.12. The van der Waals surface area contributed by atoms with E-state index in [-0.39, 0.29) is 11.7 Å². The Kier molecular flexibility index (Phi) is 5.78. The molecule has 128 valence electrons. The van der Waals surface area contributed by atoms with Crippen LogP contribution < -0.4 is 5.32 Å². The van der Waals surface area contributed by atoms with Crippen molar-refractivity contribution >= 4 is 35.1 Å². The van der Waals surface area contributed by atoms with E-state index in [1.807, 2.05) is 61.7 Å². The predicted molar refractivity (Wildman–Crippen MR) is 102 cm³/mol. The lowest BCUT2D eigenvalue weighted by Crippen LogP contribution is -2.14. The number of carbonyl (C=O) groups is 1. The lowest BCUT2D eigenvalue weighted by molar-refractivity contribution is -0.113. The third kappa shape index (κ3) is 4.64. The maximum absolute atomic E-state index is 12.1. The minimum absolute atomic E-state index is 0.110. The smallest absolute Gasteiger partial charge is 0.277 e. The van der Waals surface area contributed by atoms with Gasteiger partial charge < -0.3 is 9.73 Å². The van der Waals surface area contributed by atoms with Crippen molar-refractivity contribution in [2.24, 2.45) is 0 Å². The van der Waals surface area contributed by atoms with Gasteiger partial charge in [-0.3, -0.25) is 4.79 Å². The van der Waals surface area contributed by atoms with Crippen molar-refractivity contribution in [3.63, 3.8) is 0 Å². The molecular formula is C18H17N3O2S2. The third-order valence-electron chi connectivity index (χ3n) is 3.41. The molecule has 7 heteroatoms. The first-order chi connectivity index (χ1) is 12.2. The maximum atomic E-state index is 12.1. The van der Waals surface area contributed by atoms with E-state index in [1.165, 1.54) is 17.3 Å². The number of nitrogens with zero attached hydrogens (tertiary/aromatic N) is 2. The average Bonchev–Trinajstić information content (AvgIpc) is 3.10.